The first-order chi connectivity index (χ1) is 10.1. The molecule has 1 unspecified atom stereocenters. The zero-order valence-electron chi connectivity index (χ0n) is 11.3. The predicted molar refractivity (Wildman–Crippen MR) is 73.7 cm³/mol. The van der Waals surface area contributed by atoms with Crippen molar-refractivity contribution in [3.8, 4) is 5.75 Å². The molecular weight excluding hydrogens is 276 g/mol. The lowest BCUT2D eigenvalue weighted by Gasteiger charge is -2.12. The minimum Gasteiger partial charge on any atom is -0.484 e. The van der Waals surface area contributed by atoms with Crippen LogP contribution in [0, 0.1) is 10.1 Å². The van der Waals surface area contributed by atoms with Gasteiger partial charge in [-0.25, -0.2) is 4.98 Å². The Morgan fingerprint density at radius 1 is 1.57 bits per heavy atom. The maximum Gasteiger partial charge on any atom is 0.273 e. The number of carbonyl (C=O) groups is 1. The Hall–Kier alpha value is -2.90. The summed E-state index contributed by atoms with van der Waals surface area (Å²) in [4.78, 5) is 28.8. The van der Waals surface area contributed by atoms with Crippen LogP contribution in [0.4, 0.5) is 5.69 Å². The van der Waals surface area contributed by atoms with E-state index >= 15 is 0 Å². The van der Waals surface area contributed by atoms with Crippen molar-refractivity contribution in [3.63, 3.8) is 0 Å². The number of nitro groups is 1. The molecule has 2 N–H and O–H groups in total. The zero-order chi connectivity index (χ0) is 15.2. The van der Waals surface area contributed by atoms with E-state index < -0.39 is 4.92 Å². The van der Waals surface area contributed by atoms with Gasteiger partial charge in [0.05, 0.1) is 17.0 Å². The van der Waals surface area contributed by atoms with Crippen LogP contribution < -0.4 is 10.1 Å². The lowest BCUT2D eigenvalue weighted by Crippen LogP contribution is -2.31. The topological polar surface area (TPSA) is 110 Å². The lowest BCUT2D eigenvalue weighted by atomic mass is 10.3. The summed E-state index contributed by atoms with van der Waals surface area (Å²) in [6, 6.07) is 5.39. The van der Waals surface area contributed by atoms with E-state index in [4.69, 9.17) is 4.74 Å². The van der Waals surface area contributed by atoms with E-state index in [2.05, 4.69) is 15.3 Å². The number of carbonyl (C=O) groups excluding carboxylic acids is 1. The van der Waals surface area contributed by atoms with Gasteiger partial charge in [-0.15, -0.1) is 0 Å². The summed E-state index contributed by atoms with van der Waals surface area (Å²) < 4.78 is 5.23. The number of imidazole rings is 1. The summed E-state index contributed by atoms with van der Waals surface area (Å²) in [6.07, 6.45) is 3.26. The van der Waals surface area contributed by atoms with E-state index in [1.807, 2.05) is 0 Å². The van der Waals surface area contributed by atoms with Crippen molar-refractivity contribution < 1.29 is 14.5 Å². The van der Waals surface area contributed by atoms with Gasteiger partial charge in [-0.2, -0.15) is 0 Å². The molecule has 0 radical (unpaired) electrons. The van der Waals surface area contributed by atoms with Crippen LogP contribution in [0.3, 0.4) is 0 Å². The largest absolute Gasteiger partial charge is 0.484 e. The van der Waals surface area contributed by atoms with Crippen LogP contribution in [0.5, 0.6) is 5.75 Å². The highest BCUT2D eigenvalue weighted by Crippen LogP contribution is 2.18. The van der Waals surface area contributed by atoms with Crippen LogP contribution in [0.2, 0.25) is 0 Å². The third-order valence-corrected chi connectivity index (χ3v) is 2.71. The smallest absolute Gasteiger partial charge is 0.273 e. The predicted octanol–water partition coefficient (Wildman–Crippen LogP) is 1.57. The second kappa shape index (κ2) is 6.51. The van der Waals surface area contributed by atoms with Crippen molar-refractivity contribution in [2.24, 2.45) is 0 Å². The number of hydrogen-bond acceptors (Lipinski definition) is 5. The summed E-state index contributed by atoms with van der Waals surface area (Å²) in [7, 11) is 0. The number of aromatic nitrogens is 2. The van der Waals surface area contributed by atoms with Gasteiger partial charge >= 0.3 is 0 Å². The summed E-state index contributed by atoms with van der Waals surface area (Å²) >= 11 is 0. The Balaban J connectivity index is 1.86. The van der Waals surface area contributed by atoms with E-state index in [1.54, 1.807) is 25.4 Å². The van der Waals surface area contributed by atoms with E-state index in [0.717, 1.165) is 0 Å². The van der Waals surface area contributed by atoms with E-state index in [0.29, 0.717) is 5.82 Å². The molecule has 0 aliphatic carbocycles. The second-order valence-electron chi connectivity index (χ2n) is 4.31. The van der Waals surface area contributed by atoms with Gasteiger partial charge in [-0.3, -0.25) is 14.9 Å². The maximum atomic E-state index is 11.7. The van der Waals surface area contributed by atoms with Crippen molar-refractivity contribution in [3.05, 3.63) is 52.6 Å². The lowest BCUT2D eigenvalue weighted by molar-refractivity contribution is -0.384. The van der Waals surface area contributed by atoms with Gasteiger partial charge in [0.15, 0.2) is 6.61 Å². The summed E-state index contributed by atoms with van der Waals surface area (Å²) in [5.41, 5.74) is -0.0862. The first-order valence-electron chi connectivity index (χ1n) is 6.22. The Morgan fingerprint density at radius 3 is 3.05 bits per heavy atom. The standard InChI is InChI=1S/C13H14N4O4/c1-9(13-14-5-6-15-13)16-12(18)8-21-11-4-2-3-10(7-11)17(19)20/h2-7,9H,8H2,1H3,(H,14,15)(H,16,18). The van der Waals surface area contributed by atoms with Gasteiger partial charge in [0.25, 0.3) is 11.6 Å². The molecule has 1 amide bonds. The number of hydrogen-bond donors (Lipinski definition) is 2. The van der Waals surface area contributed by atoms with E-state index in [1.165, 1.54) is 18.2 Å². The minimum absolute atomic E-state index is 0.0862. The average Bonchev–Trinajstić information content (AvgIpc) is 2.99. The molecule has 0 spiro atoms. The van der Waals surface area contributed by atoms with Gasteiger partial charge in [0.1, 0.15) is 11.6 Å². The van der Waals surface area contributed by atoms with Crippen LogP contribution >= 0.6 is 0 Å². The number of amides is 1. The van der Waals surface area contributed by atoms with Gasteiger partial charge in [-0.05, 0) is 13.0 Å². The second-order valence-corrected chi connectivity index (χ2v) is 4.31. The number of nitro benzene ring substituents is 1. The molecule has 1 aromatic carbocycles. The third kappa shape index (κ3) is 4.03. The molecule has 0 aliphatic rings. The summed E-state index contributed by atoms with van der Waals surface area (Å²) in [6.45, 7) is 1.55. The fourth-order valence-corrected chi connectivity index (χ4v) is 1.70. The maximum absolute atomic E-state index is 11.7. The first kappa shape index (κ1) is 14.5. The van der Waals surface area contributed by atoms with Crippen molar-refractivity contribution >= 4 is 11.6 Å². The van der Waals surface area contributed by atoms with Crippen LogP contribution in [0.15, 0.2) is 36.7 Å². The van der Waals surface area contributed by atoms with Crippen molar-refractivity contribution in [2.45, 2.75) is 13.0 Å². The summed E-state index contributed by atoms with van der Waals surface area (Å²) in [5.74, 6) is 0.564. The molecule has 1 atom stereocenters. The number of nitrogens with zero attached hydrogens (tertiary/aromatic N) is 2. The molecule has 2 aromatic rings. The first-order valence-corrected chi connectivity index (χ1v) is 6.22. The molecule has 21 heavy (non-hydrogen) atoms. The van der Waals surface area contributed by atoms with Crippen LogP contribution in [-0.4, -0.2) is 27.4 Å². The highest BCUT2D eigenvalue weighted by Gasteiger charge is 2.12. The number of H-pyrrole nitrogens is 1. The fourth-order valence-electron chi connectivity index (χ4n) is 1.70. The van der Waals surface area contributed by atoms with Crippen molar-refractivity contribution in [2.75, 3.05) is 6.61 Å². The Morgan fingerprint density at radius 2 is 2.38 bits per heavy atom. The third-order valence-electron chi connectivity index (χ3n) is 2.71. The van der Waals surface area contributed by atoms with Crippen LogP contribution in [0.25, 0.3) is 0 Å². The Labute approximate surface area is 120 Å². The SMILES string of the molecule is CC(NC(=O)COc1cccc([N+](=O)[O-])c1)c1ncc[nH]1. The number of aromatic amines is 1. The number of rotatable bonds is 6. The molecular formula is C13H14N4O4. The fraction of sp³-hybridized carbons (Fsp3) is 0.231. The molecule has 0 bridgehead atoms. The van der Waals surface area contributed by atoms with Gasteiger partial charge in [0.2, 0.25) is 0 Å². The van der Waals surface area contributed by atoms with Crippen LogP contribution in [0.1, 0.15) is 18.8 Å². The molecule has 1 heterocycles. The van der Waals surface area contributed by atoms with Gasteiger partial charge in [-0.1, -0.05) is 6.07 Å². The number of ether oxygens (including phenoxy) is 1. The molecule has 0 saturated heterocycles. The minimum atomic E-state index is -0.522. The summed E-state index contributed by atoms with van der Waals surface area (Å²) in [5, 5.41) is 13.3. The van der Waals surface area contributed by atoms with Gasteiger partial charge in [0, 0.05) is 18.5 Å². The number of benzene rings is 1. The molecule has 0 saturated carbocycles. The molecule has 8 heteroatoms. The Kier molecular flexibility index (Phi) is 4.50. The van der Waals surface area contributed by atoms with Gasteiger partial charge < -0.3 is 15.0 Å². The number of nitrogens with one attached hydrogen (secondary N) is 2. The molecule has 1 aromatic heterocycles. The Bertz CT molecular complexity index is 627. The quantitative estimate of drug-likeness (QED) is 0.619. The molecule has 8 nitrogen and oxygen atoms in total. The van der Waals surface area contributed by atoms with E-state index in [9.17, 15) is 14.9 Å². The van der Waals surface area contributed by atoms with Crippen molar-refractivity contribution in [1.29, 1.82) is 0 Å². The highest BCUT2D eigenvalue weighted by molar-refractivity contribution is 5.77. The number of non-ortho nitro benzene ring substituents is 1. The molecule has 110 valence electrons. The molecule has 0 fully saturated rings. The molecule has 2 rings (SSSR count). The molecule has 0 aliphatic heterocycles. The monoisotopic (exact) mass is 290 g/mol. The van der Waals surface area contributed by atoms with Crippen LogP contribution in [-0.2, 0) is 4.79 Å². The zero-order valence-corrected chi connectivity index (χ0v) is 11.3. The average molecular weight is 290 g/mol. The highest BCUT2D eigenvalue weighted by atomic mass is 16.6. The normalized spacial score (nSPS) is 11.7. The van der Waals surface area contributed by atoms with Crippen molar-refractivity contribution in [1.82, 2.24) is 15.3 Å². The van der Waals surface area contributed by atoms with E-state index in [-0.39, 0.29) is 30.0 Å².